The monoisotopic (exact) mass is 428 g/mol. The molecule has 0 N–H and O–H groups in total. The lowest BCUT2D eigenvalue weighted by Crippen LogP contribution is -2.16. The second-order valence-corrected chi connectivity index (χ2v) is 9.43. The van der Waals surface area contributed by atoms with Crippen molar-refractivity contribution in [2.45, 2.75) is 18.7 Å². The van der Waals surface area contributed by atoms with Crippen LogP contribution in [0, 0.1) is 13.8 Å². The second-order valence-electron chi connectivity index (χ2n) is 6.47. The summed E-state index contributed by atoms with van der Waals surface area (Å²) < 4.78 is 16.5. The van der Waals surface area contributed by atoms with Crippen molar-refractivity contribution >= 4 is 60.8 Å². The highest BCUT2D eigenvalue weighted by Crippen LogP contribution is 2.27. The fourth-order valence-electron chi connectivity index (χ4n) is 3.18. The summed E-state index contributed by atoms with van der Waals surface area (Å²) in [5.74, 6) is 0. The number of aromatic nitrogens is 4. The maximum Gasteiger partial charge on any atom is 0.278 e. The van der Waals surface area contributed by atoms with Gasteiger partial charge in [0.2, 0.25) is 5.28 Å². The van der Waals surface area contributed by atoms with Crippen molar-refractivity contribution in [1.29, 1.82) is 0 Å². The molecular weight excluding hydrogens is 416 g/mol. The van der Waals surface area contributed by atoms with E-state index in [0.29, 0.717) is 31.8 Å². The van der Waals surface area contributed by atoms with Crippen molar-refractivity contribution in [3.8, 4) is 0 Å². The van der Waals surface area contributed by atoms with Gasteiger partial charge in [0, 0.05) is 11.1 Å². The Bertz CT molecular complexity index is 1480. The summed E-state index contributed by atoms with van der Waals surface area (Å²) in [6, 6.07) is 11.1. The molecule has 0 saturated heterocycles. The first-order chi connectivity index (χ1) is 13.4. The molecule has 5 aromatic rings. The summed E-state index contributed by atoms with van der Waals surface area (Å²) in [5, 5.41) is 0.613. The average molecular weight is 429 g/mol. The molecule has 9 heteroatoms. The van der Waals surface area contributed by atoms with Crippen molar-refractivity contribution in [3.05, 3.63) is 68.7 Å². The molecule has 5 rings (SSSR count). The third-order valence-electron chi connectivity index (χ3n) is 4.52. The van der Waals surface area contributed by atoms with E-state index in [1.807, 2.05) is 44.2 Å². The largest absolute Gasteiger partial charge is 0.278 e. The molecule has 140 valence electrons. The zero-order valence-electron chi connectivity index (χ0n) is 14.8. The number of hydrogen-bond acceptors (Lipinski definition) is 5. The van der Waals surface area contributed by atoms with Crippen molar-refractivity contribution in [3.63, 3.8) is 0 Å². The Labute approximate surface area is 170 Å². The van der Waals surface area contributed by atoms with Gasteiger partial charge in [0.1, 0.15) is 4.70 Å². The number of fused-ring (bicyclic) bond motifs is 4. The summed E-state index contributed by atoms with van der Waals surface area (Å²) in [7, 11) is -1.50. The average Bonchev–Trinajstić information content (AvgIpc) is 3.25. The van der Waals surface area contributed by atoms with Gasteiger partial charge in [-0.3, -0.25) is 4.79 Å². The molecule has 1 aromatic carbocycles. The second kappa shape index (κ2) is 6.23. The number of nitrogens with zero attached hydrogens (tertiary/aromatic N) is 4. The van der Waals surface area contributed by atoms with Crippen LogP contribution in [-0.4, -0.2) is 22.5 Å². The Balaban J connectivity index is 1.82. The number of rotatable bonds is 2. The van der Waals surface area contributed by atoms with E-state index in [1.165, 1.54) is 15.7 Å². The molecule has 4 aromatic heterocycles. The molecule has 4 heterocycles. The Kier molecular flexibility index (Phi) is 3.90. The summed E-state index contributed by atoms with van der Waals surface area (Å²) in [4.78, 5) is 23.6. The topological polar surface area (TPSA) is 69.3 Å². The fourth-order valence-corrected chi connectivity index (χ4v) is 5.36. The Morgan fingerprint density at radius 3 is 2.57 bits per heavy atom. The SMILES string of the molecule is Cc1ccc(S(=O)n2ccc3c2nc(Cl)n2c(=O)c4sc(C)cc4nc32)cc1. The third-order valence-corrected chi connectivity index (χ3v) is 7.13. The van der Waals surface area contributed by atoms with E-state index in [-0.39, 0.29) is 10.8 Å². The molecule has 0 amide bonds. The molecule has 0 aliphatic carbocycles. The van der Waals surface area contributed by atoms with Gasteiger partial charge < -0.3 is 0 Å². The van der Waals surface area contributed by atoms with Gasteiger partial charge in [0.15, 0.2) is 22.3 Å². The van der Waals surface area contributed by atoms with Gasteiger partial charge in [0.25, 0.3) is 5.56 Å². The van der Waals surface area contributed by atoms with Crippen LogP contribution >= 0.6 is 22.9 Å². The maximum atomic E-state index is 13.1. The molecule has 0 fully saturated rings. The maximum absolute atomic E-state index is 13.1. The first kappa shape index (κ1) is 17.5. The number of hydrogen-bond donors (Lipinski definition) is 0. The van der Waals surface area contributed by atoms with E-state index in [2.05, 4.69) is 9.97 Å². The van der Waals surface area contributed by atoms with E-state index >= 15 is 0 Å². The third kappa shape index (κ3) is 2.52. The van der Waals surface area contributed by atoms with Crippen molar-refractivity contribution in [2.75, 3.05) is 0 Å². The Hall–Kier alpha value is -2.55. The Morgan fingerprint density at radius 1 is 1.07 bits per heavy atom. The van der Waals surface area contributed by atoms with Gasteiger partial charge in [-0.1, -0.05) is 17.7 Å². The van der Waals surface area contributed by atoms with Crippen LogP contribution in [0.2, 0.25) is 5.28 Å². The van der Waals surface area contributed by atoms with Gasteiger partial charge >= 0.3 is 0 Å². The molecule has 0 radical (unpaired) electrons. The van der Waals surface area contributed by atoms with Crippen LogP contribution in [0.5, 0.6) is 0 Å². The summed E-state index contributed by atoms with van der Waals surface area (Å²) in [6.07, 6.45) is 1.68. The standard InChI is InChI=1S/C19H13ClN4O2S2/c1-10-3-5-12(6-4-10)28(26)23-8-7-13-16(23)22-19(20)24-17(13)21-14-9-11(2)27-15(14)18(24)25/h3-9H,1-2H3. The number of aryl methyl sites for hydroxylation is 2. The van der Waals surface area contributed by atoms with E-state index in [0.717, 1.165) is 10.4 Å². The smallest absolute Gasteiger partial charge is 0.267 e. The summed E-state index contributed by atoms with van der Waals surface area (Å²) in [5.41, 5.74) is 2.30. The zero-order chi connectivity index (χ0) is 19.6. The van der Waals surface area contributed by atoms with E-state index < -0.39 is 11.0 Å². The highest BCUT2D eigenvalue weighted by Gasteiger charge is 2.19. The normalized spacial score (nSPS) is 13.0. The zero-order valence-corrected chi connectivity index (χ0v) is 17.2. The fraction of sp³-hybridized carbons (Fsp3) is 0.105. The van der Waals surface area contributed by atoms with E-state index in [1.54, 1.807) is 16.2 Å². The lowest BCUT2D eigenvalue weighted by atomic mass is 10.2. The first-order valence-electron chi connectivity index (χ1n) is 8.42. The molecule has 0 bridgehead atoms. The molecule has 28 heavy (non-hydrogen) atoms. The van der Waals surface area contributed by atoms with Gasteiger partial charge in [-0.25, -0.2) is 17.6 Å². The molecule has 6 nitrogen and oxygen atoms in total. The van der Waals surface area contributed by atoms with Crippen LogP contribution < -0.4 is 5.56 Å². The number of halogens is 1. The highest BCUT2D eigenvalue weighted by molar-refractivity contribution is 7.83. The first-order valence-corrected chi connectivity index (χ1v) is 10.7. The van der Waals surface area contributed by atoms with Gasteiger partial charge in [-0.15, -0.1) is 11.3 Å². The lowest BCUT2D eigenvalue weighted by molar-refractivity contribution is 0.678. The predicted molar refractivity (Wildman–Crippen MR) is 113 cm³/mol. The molecule has 0 spiro atoms. The molecule has 0 saturated carbocycles. The van der Waals surface area contributed by atoms with Crippen molar-refractivity contribution in [1.82, 2.24) is 18.3 Å². The summed E-state index contributed by atoms with van der Waals surface area (Å²) in [6.45, 7) is 3.90. The molecule has 0 aliphatic heterocycles. The van der Waals surface area contributed by atoms with Crippen LogP contribution in [0.3, 0.4) is 0 Å². The van der Waals surface area contributed by atoms with Crippen LogP contribution in [0.4, 0.5) is 0 Å². The minimum atomic E-state index is -1.50. The summed E-state index contributed by atoms with van der Waals surface area (Å²) >= 11 is 7.73. The van der Waals surface area contributed by atoms with Crippen LogP contribution in [0.25, 0.3) is 26.9 Å². The van der Waals surface area contributed by atoms with Gasteiger partial charge in [0.05, 0.1) is 15.8 Å². The minimum Gasteiger partial charge on any atom is -0.267 e. The van der Waals surface area contributed by atoms with Gasteiger partial charge in [-0.05, 0) is 49.7 Å². The highest BCUT2D eigenvalue weighted by atomic mass is 35.5. The van der Waals surface area contributed by atoms with Crippen molar-refractivity contribution in [2.24, 2.45) is 0 Å². The van der Waals surface area contributed by atoms with Crippen LogP contribution in [0.15, 0.2) is 52.3 Å². The van der Waals surface area contributed by atoms with Crippen LogP contribution in [0.1, 0.15) is 10.4 Å². The molecule has 1 unspecified atom stereocenters. The van der Waals surface area contributed by atoms with Crippen molar-refractivity contribution < 1.29 is 4.21 Å². The number of thiophene rings is 1. The van der Waals surface area contributed by atoms with E-state index in [4.69, 9.17) is 11.6 Å². The molecule has 1 atom stereocenters. The van der Waals surface area contributed by atoms with Crippen LogP contribution in [-0.2, 0) is 11.0 Å². The quantitative estimate of drug-likeness (QED) is 0.397. The minimum absolute atomic E-state index is 0.00573. The van der Waals surface area contributed by atoms with E-state index in [9.17, 15) is 9.00 Å². The lowest BCUT2D eigenvalue weighted by Gasteiger charge is -2.08. The molecular formula is C19H13ClN4O2S2. The number of benzene rings is 1. The Morgan fingerprint density at radius 2 is 1.82 bits per heavy atom. The molecule has 0 aliphatic rings. The van der Waals surface area contributed by atoms with Gasteiger partial charge in [-0.2, -0.15) is 4.98 Å². The predicted octanol–water partition coefficient (Wildman–Crippen LogP) is 4.10.